The van der Waals surface area contributed by atoms with Gasteiger partial charge in [0, 0.05) is 18.7 Å². The first-order chi connectivity index (χ1) is 10.6. The second kappa shape index (κ2) is 5.71. The summed E-state index contributed by atoms with van der Waals surface area (Å²) in [6, 6.07) is 7.59. The molecular formula is C16H19N3O3. The Morgan fingerprint density at radius 2 is 2.05 bits per heavy atom. The van der Waals surface area contributed by atoms with E-state index in [1.54, 1.807) is 32.0 Å². The molecule has 1 saturated carbocycles. The van der Waals surface area contributed by atoms with Crippen molar-refractivity contribution in [2.45, 2.75) is 18.9 Å². The minimum Gasteiger partial charge on any atom is -0.497 e. The highest BCUT2D eigenvalue weighted by Gasteiger charge is 2.25. The molecule has 116 valence electrons. The van der Waals surface area contributed by atoms with E-state index in [0.717, 1.165) is 18.4 Å². The van der Waals surface area contributed by atoms with E-state index in [1.165, 1.54) is 0 Å². The van der Waals surface area contributed by atoms with E-state index in [9.17, 15) is 4.79 Å². The summed E-state index contributed by atoms with van der Waals surface area (Å²) in [4.78, 5) is 12.2. The lowest BCUT2D eigenvalue weighted by Gasteiger charge is -2.08. The number of nitrogens with one attached hydrogen (secondary N) is 1. The quantitative estimate of drug-likeness (QED) is 0.917. The van der Waals surface area contributed by atoms with Crippen LogP contribution in [0.3, 0.4) is 0 Å². The van der Waals surface area contributed by atoms with Crippen LogP contribution in [0.4, 0.5) is 0 Å². The van der Waals surface area contributed by atoms with Crippen molar-refractivity contribution in [2.24, 2.45) is 7.05 Å². The molecule has 1 aromatic heterocycles. The molecular weight excluding hydrogens is 282 g/mol. The standard InChI is InChI=1S/C16H19N3O3/c1-19-14(16(20)17-10-4-5-10)9-13(18-19)12-8-11(21-2)6-7-15(12)22-3/h6-10H,4-5H2,1-3H3,(H,17,20). The monoisotopic (exact) mass is 301 g/mol. The SMILES string of the molecule is COc1ccc(OC)c(-c2cc(C(=O)NC3CC3)n(C)n2)c1. The smallest absolute Gasteiger partial charge is 0.269 e. The Kier molecular flexibility index (Phi) is 3.75. The van der Waals surface area contributed by atoms with Crippen molar-refractivity contribution in [2.75, 3.05) is 14.2 Å². The number of carbonyl (C=O) groups excluding carboxylic acids is 1. The largest absolute Gasteiger partial charge is 0.497 e. The Balaban J connectivity index is 1.96. The van der Waals surface area contributed by atoms with Gasteiger partial charge < -0.3 is 14.8 Å². The fourth-order valence-electron chi connectivity index (χ4n) is 2.31. The van der Waals surface area contributed by atoms with Crippen molar-refractivity contribution >= 4 is 5.91 Å². The van der Waals surface area contributed by atoms with E-state index in [1.807, 2.05) is 18.2 Å². The summed E-state index contributed by atoms with van der Waals surface area (Å²) in [6.45, 7) is 0. The zero-order chi connectivity index (χ0) is 15.7. The van der Waals surface area contributed by atoms with Crippen LogP contribution in [0.25, 0.3) is 11.3 Å². The number of rotatable bonds is 5. The highest BCUT2D eigenvalue weighted by Crippen LogP contribution is 2.33. The zero-order valence-corrected chi connectivity index (χ0v) is 12.9. The van der Waals surface area contributed by atoms with Gasteiger partial charge in [0.15, 0.2) is 0 Å². The number of ether oxygens (including phenoxy) is 2. The molecule has 1 aliphatic carbocycles. The minimum atomic E-state index is -0.0920. The predicted molar refractivity (Wildman–Crippen MR) is 82.2 cm³/mol. The van der Waals surface area contributed by atoms with Gasteiger partial charge in [-0.2, -0.15) is 5.10 Å². The Morgan fingerprint density at radius 1 is 1.27 bits per heavy atom. The van der Waals surface area contributed by atoms with Crippen LogP contribution in [-0.2, 0) is 7.05 Å². The molecule has 1 amide bonds. The second-order valence-corrected chi connectivity index (χ2v) is 5.35. The summed E-state index contributed by atoms with van der Waals surface area (Å²) in [5, 5.41) is 7.41. The number of benzene rings is 1. The third-order valence-corrected chi connectivity index (χ3v) is 3.71. The fraction of sp³-hybridized carbons (Fsp3) is 0.375. The normalized spacial score (nSPS) is 13.8. The van der Waals surface area contributed by atoms with Crippen LogP contribution in [0.15, 0.2) is 24.3 Å². The number of hydrogen-bond donors (Lipinski definition) is 1. The van der Waals surface area contributed by atoms with Crippen molar-refractivity contribution in [1.29, 1.82) is 0 Å². The van der Waals surface area contributed by atoms with Crippen LogP contribution < -0.4 is 14.8 Å². The van der Waals surface area contributed by atoms with Crippen LogP contribution in [0, 0.1) is 0 Å². The highest BCUT2D eigenvalue weighted by molar-refractivity contribution is 5.94. The van der Waals surface area contributed by atoms with E-state index >= 15 is 0 Å². The van der Waals surface area contributed by atoms with Gasteiger partial charge in [-0.3, -0.25) is 9.48 Å². The number of aromatic nitrogens is 2. The van der Waals surface area contributed by atoms with E-state index in [2.05, 4.69) is 10.4 Å². The van der Waals surface area contributed by atoms with Crippen LogP contribution in [0.1, 0.15) is 23.3 Å². The molecule has 0 spiro atoms. The molecule has 1 N–H and O–H groups in total. The number of nitrogens with zero attached hydrogens (tertiary/aromatic N) is 2. The lowest BCUT2D eigenvalue weighted by molar-refractivity contribution is 0.0941. The van der Waals surface area contributed by atoms with Gasteiger partial charge in [-0.25, -0.2) is 0 Å². The van der Waals surface area contributed by atoms with Crippen molar-refractivity contribution in [3.8, 4) is 22.8 Å². The van der Waals surface area contributed by atoms with Crippen LogP contribution in [-0.4, -0.2) is 35.9 Å². The highest BCUT2D eigenvalue weighted by atomic mass is 16.5. The topological polar surface area (TPSA) is 65.4 Å². The maximum Gasteiger partial charge on any atom is 0.269 e. The summed E-state index contributed by atoms with van der Waals surface area (Å²) in [6.07, 6.45) is 2.11. The van der Waals surface area contributed by atoms with Gasteiger partial charge in [0.1, 0.15) is 17.2 Å². The second-order valence-electron chi connectivity index (χ2n) is 5.35. The molecule has 0 atom stereocenters. The Morgan fingerprint density at radius 3 is 2.68 bits per heavy atom. The summed E-state index contributed by atoms with van der Waals surface area (Å²) >= 11 is 0. The summed E-state index contributed by atoms with van der Waals surface area (Å²) in [5.74, 6) is 1.31. The van der Waals surface area contributed by atoms with Gasteiger partial charge in [0.2, 0.25) is 0 Å². The molecule has 22 heavy (non-hydrogen) atoms. The van der Waals surface area contributed by atoms with Crippen LogP contribution >= 0.6 is 0 Å². The number of aryl methyl sites for hydroxylation is 1. The molecule has 1 fully saturated rings. The molecule has 6 nitrogen and oxygen atoms in total. The molecule has 3 rings (SSSR count). The van der Waals surface area contributed by atoms with Gasteiger partial charge in [0.25, 0.3) is 5.91 Å². The van der Waals surface area contributed by atoms with Gasteiger partial charge in [-0.05, 0) is 37.1 Å². The summed E-state index contributed by atoms with van der Waals surface area (Å²) < 4.78 is 12.2. The molecule has 0 radical (unpaired) electrons. The maximum absolute atomic E-state index is 12.2. The van der Waals surface area contributed by atoms with E-state index in [-0.39, 0.29) is 5.91 Å². The third-order valence-electron chi connectivity index (χ3n) is 3.71. The van der Waals surface area contributed by atoms with Gasteiger partial charge in [0.05, 0.1) is 19.9 Å². The first kappa shape index (κ1) is 14.4. The number of carbonyl (C=O) groups is 1. The van der Waals surface area contributed by atoms with Gasteiger partial charge in [-0.15, -0.1) is 0 Å². The fourth-order valence-corrected chi connectivity index (χ4v) is 2.31. The average molecular weight is 301 g/mol. The van der Waals surface area contributed by atoms with Crippen molar-refractivity contribution < 1.29 is 14.3 Å². The Bertz CT molecular complexity index is 705. The first-order valence-electron chi connectivity index (χ1n) is 7.19. The Labute approximate surface area is 129 Å². The lowest BCUT2D eigenvalue weighted by atomic mass is 10.1. The molecule has 6 heteroatoms. The van der Waals surface area contributed by atoms with Crippen LogP contribution in [0.2, 0.25) is 0 Å². The van der Waals surface area contributed by atoms with E-state index in [4.69, 9.17) is 9.47 Å². The number of methoxy groups -OCH3 is 2. The van der Waals surface area contributed by atoms with Crippen LogP contribution in [0.5, 0.6) is 11.5 Å². The van der Waals surface area contributed by atoms with E-state index in [0.29, 0.717) is 28.9 Å². The van der Waals surface area contributed by atoms with E-state index < -0.39 is 0 Å². The average Bonchev–Trinajstić information content (AvgIpc) is 3.25. The van der Waals surface area contributed by atoms with Gasteiger partial charge >= 0.3 is 0 Å². The minimum absolute atomic E-state index is 0.0920. The Hall–Kier alpha value is -2.50. The lowest BCUT2D eigenvalue weighted by Crippen LogP contribution is -2.27. The molecule has 1 heterocycles. The zero-order valence-electron chi connectivity index (χ0n) is 12.9. The third kappa shape index (κ3) is 2.77. The predicted octanol–water partition coefficient (Wildman–Crippen LogP) is 2.00. The van der Waals surface area contributed by atoms with Crippen molar-refractivity contribution in [3.63, 3.8) is 0 Å². The maximum atomic E-state index is 12.2. The van der Waals surface area contributed by atoms with Gasteiger partial charge in [-0.1, -0.05) is 0 Å². The number of hydrogen-bond acceptors (Lipinski definition) is 4. The van der Waals surface area contributed by atoms with Crippen molar-refractivity contribution in [3.05, 3.63) is 30.0 Å². The molecule has 0 unspecified atom stereocenters. The molecule has 1 aromatic carbocycles. The molecule has 0 aliphatic heterocycles. The number of amides is 1. The molecule has 2 aromatic rings. The molecule has 0 bridgehead atoms. The summed E-state index contributed by atoms with van der Waals surface area (Å²) in [5.41, 5.74) is 2.01. The first-order valence-corrected chi connectivity index (χ1v) is 7.19. The van der Waals surface area contributed by atoms with Crippen molar-refractivity contribution in [1.82, 2.24) is 15.1 Å². The molecule has 1 aliphatic rings. The summed E-state index contributed by atoms with van der Waals surface area (Å²) in [7, 11) is 4.98. The molecule has 0 saturated heterocycles.